The fraction of sp³-hybridized carbons (Fsp3) is 0.600. The summed E-state index contributed by atoms with van der Waals surface area (Å²) >= 11 is 5.78. The Balaban J connectivity index is 2.00. The van der Waals surface area contributed by atoms with Crippen molar-refractivity contribution in [3.8, 4) is 0 Å². The van der Waals surface area contributed by atoms with Crippen LogP contribution in [0, 0.1) is 5.41 Å². The monoisotopic (exact) mass is 312 g/mol. The highest BCUT2D eigenvalue weighted by Crippen LogP contribution is 2.40. The van der Waals surface area contributed by atoms with E-state index in [9.17, 15) is 9.90 Å². The lowest BCUT2D eigenvalue weighted by Crippen LogP contribution is -2.42. The molecular formula is C15H21ClN2O3. The van der Waals surface area contributed by atoms with Gasteiger partial charge in [-0.2, -0.15) is 0 Å². The summed E-state index contributed by atoms with van der Waals surface area (Å²) in [7, 11) is 0. The van der Waals surface area contributed by atoms with E-state index in [-0.39, 0.29) is 16.1 Å². The van der Waals surface area contributed by atoms with Crippen LogP contribution in [-0.4, -0.2) is 33.3 Å². The fourth-order valence-corrected chi connectivity index (χ4v) is 2.70. The highest BCUT2D eigenvalue weighted by molar-refractivity contribution is 6.33. The average Bonchev–Trinajstić information content (AvgIpc) is 2.42. The van der Waals surface area contributed by atoms with Crippen LogP contribution in [0.5, 0.6) is 0 Å². The van der Waals surface area contributed by atoms with Crippen molar-refractivity contribution in [3.05, 3.63) is 22.8 Å². The summed E-state index contributed by atoms with van der Waals surface area (Å²) in [6.45, 7) is 4.77. The van der Waals surface area contributed by atoms with Crippen LogP contribution in [0.2, 0.25) is 5.02 Å². The normalized spacial score (nSPS) is 20.0. The lowest BCUT2D eigenvalue weighted by Gasteiger charge is -2.40. The molecule has 5 nitrogen and oxygen atoms in total. The number of carboxylic acid groups (broad SMARTS) is 1. The van der Waals surface area contributed by atoms with E-state index in [0.29, 0.717) is 12.4 Å². The molecule has 1 saturated carbocycles. The number of nitrogens with one attached hydrogen (secondary N) is 1. The van der Waals surface area contributed by atoms with Gasteiger partial charge >= 0.3 is 5.97 Å². The predicted molar refractivity (Wildman–Crippen MR) is 81.9 cm³/mol. The highest BCUT2D eigenvalue weighted by atomic mass is 35.5. The maximum atomic E-state index is 11.0. The van der Waals surface area contributed by atoms with Crippen LogP contribution in [0.3, 0.4) is 0 Å². The van der Waals surface area contributed by atoms with Crippen molar-refractivity contribution in [2.45, 2.75) is 45.1 Å². The third-order valence-corrected chi connectivity index (χ3v) is 4.49. The van der Waals surface area contributed by atoms with Crippen molar-refractivity contribution in [1.29, 1.82) is 0 Å². The van der Waals surface area contributed by atoms with Crippen LogP contribution in [-0.2, 0) is 0 Å². The first-order valence-corrected chi connectivity index (χ1v) is 7.45. The van der Waals surface area contributed by atoms with Gasteiger partial charge in [0.15, 0.2) is 5.69 Å². The third kappa shape index (κ3) is 4.08. The van der Waals surface area contributed by atoms with E-state index in [0.717, 1.165) is 25.7 Å². The number of nitrogens with zero attached hydrogens (tertiary/aromatic N) is 1. The van der Waals surface area contributed by atoms with Crippen molar-refractivity contribution in [1.82, 2.24) is 4.98 Å². The zero-order valence-corrected chi connectivity index (χ0v) is 13.1. The van der Waals surface area contributed by atoms with Gasteiger partial charge in [-0.25, -0.2) is 9.78 Å². The lowest BCUT2D eigenvalue weighted by molar-refractivity contribution is -0.0145. The summed E-state index contributed by atoms with van der Waals surface area (Å²) in [6.07, 6.45) is 3.40. The predicted octanol–water partition coefficient (Wildman–Crippen LogP) is 3.18. The number of aromatic nitrogens is 1. The summed E-state index contributed by atoms with van der Waals surface area (Å²) in [5.74, 6) is -0.753. The molecule has 1 aromatic heterocycles. The standard InChI is InChI=1S/C15H21ClN2O3/c1-14(2)5-7-15(21,8-6-14)9-17-11-4-3-10(16)12(18-11)13(19)20/h3-4,21H,5-9H2,1-2H3,(H,17,18)(H,19,20). The first-order valence-electron chi connectivity index (χ1n) is 7.07. The van der Waals surface area contributed by atoms with E-state index in [4.69, 9.17) is 16.7 Å². The Kier molecular flexibility index (Phi) is 4.44. The van der Waals surface area contributed by atoms with Gasteiger partial charge < -0.3 is 15.5 Å². The number of hydrogen-bond donors (Lipinski definition) is 3. The molecule has 116 valence electrons. The van der Waals surface area contributed by atoms with E-state index in [1.165, 1.54) is 6.07 Å². The Morgan fingerprint density at radius 1 is 1.33 bits per heavy atom. The zero-order valence-electron chi connectivity index (χ0n) is 12.3. The molecular weight excluding hydrogens is 292 g/mol. The molecule has 1 fully saturated rings. The number of hydrogen-bond acceptors (Lipinski definition) is 4. The quantitative estimate of drug-likeness (QED) is 0.795. The van der Waals surface area contributed by atoms with Crippen LogP contribution in [0.15, 0.2) is 12.1 Å². The molecule has 1 aliphatic carbocycles. The Labute approximate surface area is 129 Å². The van der Waals surface area contributed by atoms with E-state index >= 15 is 0 Å². The molecule has 0 aromatic carbocycles. The van der Waals surface area contributed by atoms with Crippen molar-refractivity contribution in [3.63, 3.8) is 0 Å². The second-order valence-electron chi connectivity index (χ2n) is 6.57. The Morgan fingerprint density at radius 3 is 2.52 bits per heavy atom. The number of aliphatic hydroxyl groups is 1. The zero-order chi connectivity index (χ0) is 15.7. The molecule has 1 heterocycles. The molecule has 0 saturated heterocycles. The van der Waals surface area contributed by atoms with Crippen LogP contribution >= 0.6 is 11.6 Å². The molecule has 1 aromatic rings. The Morgan fingerprint density at radius 2 is 1.95 bits per heavy atom. The smallest absolute Gasteiger partial charge is 0.356 e. The first kappa shape index (κ1) is 16.0. The number of halogens is 1. The molecule has 0 radical (unpaired) electrons. The van der Waals surface area contributed by atoms with Gasteiger partial charge in [0, 0.05) is 6.54 Å². The van der Waals surface area contributed by atoms with E-state index < -0.39 is 11.6 Å². The molecule has 21 heavy (non-hydrogen) atoms. The summed E-state index contributed by atoms with van der Waals surface area (Å²) in [5, 5.41) is 22.7. The average molecular weight is 313 g/mol. The molecule has 1 aliphatic rings. The molecule has 6 heteroatoms. The second kappa shape index (κ2) is 5.81. The molecule has 0 unspecified atom stereocenters. The van der Waals surface area contributed by atoms with Gasteiger partial charge in [0.25, 0.3) is 0 Å². The number of rotatable bonds is 4. The third-order valence-electron chi connectivity index (χ3n) is 4.18. The number of anilines is 1. The maximum Gasteiger partial charge on any atom is 0.356 e. The number of carboxylic acids is 1. The lowest BCUT2D eigenvalue weighted by atomic mass is 9.71. The SMILES string of the molecule is CC1(C)CCC(O)(CNc2ccc(Cl)c(C(=O)O)n2)CC1. The van der Waals surface area contributed by atoms with Gasteiger partial charge in [0.1, 0.15) is 5.82 Å². The Hall–Kier alpha value is -1.33. The summed E-state index contributed by atoms with van der Waals surface area (Å²) in [5.41, 5.74) is -0.667. The second-order valence-corrected chi connectivity index (χ2v) is 6.98. The molecule has 3 N–H and O–H groups in total. The summed E-state index contributed by atoms with van der Waals surface area (Å²) < 4.78 is 0. The van der Waals surface area contributed by atoms with Gasteiger partial charge in [-0.1, -0.05) is 25.4 Å². The molecule has 0 spiro atoms. The van der Waals surface area contributed by atoms with Gasteiger partial charge in [0.2, 0.25) is 0 Å². The first-order chi connectivity index (χ1) is 9.71. The van der Waals surface area contributed by atoms with Crippen LogP contribution in [0.1, 0.15) is 50.0 Å². The molecule has 0 atom stereocenters. The van der Waals surface area contributed by atoms with Gasteiger partial charge in [-0.05, 0) is 43.2 Å². The minimum atomic E-state index is -1.17. The van der Waals surface area contributed by atoms with E-state index in [1.54, 1.807) is 6.07 Å². The minimum absolute atomic E-state index is 0.103. The maximum absolute atomic E-state index is 11.0. The highest BCUT2D eigenvalue weighted by Gasteiger charge is 2.36. The topological polar surface area (TPSA) is 82.5 Å². The van der Waals surface area contributed by atoms with Crippen LogP contribution in [0.4, 0.5) is 5.82 Å². The number of aromatic carboxylic acids is 1. The number of pyridine rings is 1. The fourth-order valence-electron chi connectivity index (χ4n) is 2.51. The van der Waals surface area contributed by atoms with Gasteiger partial charge in [-0.3, -0.25) is 0 Å². The Bertz CT molecular complexity index is 536. The summed E-state index contributed by atoms with van der Waals surface area (Å²) in [6, 6.07) is 3.11. The van der Waals surface area contributed by atoms with Crippen molar-refractivity contribution in [2.75, 3.05) is 11.9 Å². The van der Waals surface area contributed by atoms with Crippen molar-refractivity contribution in [2.24, 2.45) is 5.41 Å². The van der Waals surface area contributed by atoms with Gasteiger partial charge in [0.05, 0.1) is 10.6 Å². The minimum Gasteiger partial charge on any atom is -0.476 e. The summed E-state index contributed by atoms with van der Waals surface area (Å²) in [4.78, 5) is 15.0. The van der Waals surface area contributed by atoms with E-state index in [1.807, 2.05) is 0 Å². The molecule has 0 bridgehead atoms. The van der Waals surface area contributed by atoms with E-state index in [2.05, 4.69) is 24.1 Å². The van der Waals surface area contributed by atoms with Gasteiger partial charge in [-0.15, -0.1) is 0 Å². The molecule has 0 aliphatic heterocycles. The van der Waals surface area contributed by atoms with Crippen molar-refractivity contribution >= 4 is 23.4 Å². The molecule has 2 rings (SSSR count). The van der Waals surface area contributed by atoms with Crippen LogP contribution in [0.25, 0.3) is 0 Å². The molecule has 0 amide bonds. The largest absolute Gasteiger partial charge is 0.476 e. The number of carbonyl (C=O) groups is 1. The van der Waals surface area contributed by atoms with Crippen molar-refractivity contribution < 1.29 is 15.0 Å². The van der Waals surface area contributed by atoms with Crippen LogP contribution < -0.4 is 5.32 Å².